The number of rotatable bonds is 4. The maximum atomic E-state index is 13.4. The molecule has 4 nitrogen and oxygen atoms in total. The molecule has 0 fully saturated rings. The molecule has 4 rings (SSSR count). The lowest BCUT2D eigenvalue weighted by molar-refractivity contribution is -0.140. The van der Waals surface area contributed by atoms with Gasteiger partial charge in [0.05, 0.1) is 11.6 Å². The van der Waals surface area contributed by atoms with Crippen LogP contribution in [0.5, 0.6) is 0 Å². The largest absolute Gasteiger partial charge is 0.375 e. The second-order valence-corrected chi connectivity index (χ2v) is 8.27. The molecule has 1 aliphatic carbocycles. The first-order valence-corrected chi connectivity index (χ1v) is 10.2. The van der Waals surface area contributed by atoms with E-state index >= 15 is 0 Å². The Kier molecular flexibility index (Phi) is 4.68. The molecule has 1 amide bonds. The van der Waals surface area contributed by atoms with E-state index in [2.05, 4.69) is 22.9 Å². The van der Waals surface area contributed by atoms with Crippen LogP contribution in [0.15, 0.2) is 46.9 Å². The summed E-state index contributed by atoms with van der Waals surface area (Å²) in [5.74, 6) is -1.28. The number of nitrogens with zero attached hydrogens (tertiary/aromatic N) is 1. The number of benzene rings is 2. The summed E-state index contributed by atoms with van der Waals surface area (Å²) in [7, 11) is 0. The Morgan fingerprint density at radius 2 is 2.00 bits per heavy atom. The summed E-state index contributed by atoms with van der Waals surface area (Å²) in [6.45, 7) is 2.61. The molecule has 1 N–H and O–H groups in total. The molecule has 0 aromatic heterocycles. The SMILES string of the molecule is CCCCN1C(=O)[C@](O)([C@H]2CCc3ccccc3C2=O)c2cc(Br)ccc21. The number of carbonyl (C=O) groups is 2. The zero-order chi connectivity index (χ0) is 19.2. The van der Waals surface area contributed by atoms with Gasteiger partial charge in [-0.25, -0.2) is 0 Å². The Balaban J connectivity index is 1.81. The first-order chi connectivity index (χ1) is 13.0. The standard InChI is InChI=1S/C22H22BrNO3/c1-2-3-12-24-19-11-9-15(23)13-18(19)22(27,21(24)26)17-10-8-14-6-4-5-7-16(14)20(17)25/h4-7,9,11,13,17,27H,2-3,8,10,12H2,1H3/t17-,22-/m0/s1. The van der Waals surface area contributed by atoms with E-state index in [9.17, 15) is 14.7 Å². The minimum absolute atomic E-state index is 0.143. The number of hydrogen-bond acceptors (Lipinski definition) is 3. The highest BCUT2D eigenvalue weighted by molar-refractivity contribution is 9.10. The van der Waals surface area contributed by atoms with Crippen molar-refractivity contribution in [1.82, 2.24) is 0 Å². The molecule has 140 valence electrons. The predicted molar refractivity (Wildman–Crippen MR) is 108 cm³/mol. The van der Waals surface area contributed by atoms with Crippen molar-refractivity contribution in [3.05, 3.63) is 63.6 Å². The molecule has 2 aromatic carbocycles. The van der Waals surface area contributed by atoms with E-state index in [1.165, 1.54) is 0 Å². The molecule has 0 saturated carbocycles. The van der Waals surface area contributed by atoms with Crippen molar-refractivity contribution in [2.24, 2.45) is 5.92 Å². The Labute approximate surface area is 167 Å². The molecule has 0 spiro atoms. The number of fused-ring (bicyclic) bond motifs is 2. The van der Waals surface area contributed by atoms with Crippen LogP contribution in [-0.4, -0.2) is 23.3 Å². The predicted octanol–water partition coefficient (Wildman–Crippen LogP) is 4.23. The van der Waals surface area contributed by atoms with Crippen LogP contribution in [-0.2, 0) is 16.8 Å². The summed E-state index contributed by atoms with van der Waals surface area (Å²) in [5.41, 5.74) is 1.06. The first kappa shape index (κ1) is 18.4. The topological polar surface area (TPSA) is 57.6 Å². The molecule has 0 saturated heterocycles. The summed E-state index contributed by atoms with van der Waals surface area (Å²) in [6, 6.07) is 13.0. The van der Waals surface area contributed by atoms with Gasteiger partial charge in [0.25, 0.3) is 5.91 Å². The zero-order valence-corrected chi connectivity index (χ0v) is 16.8. The van der Waals surface area contributed by atoms with Crippen molar-refractivity contribution < 1.29 is 14.7 Å². The highest BCUT2D eigenvalue weighted by Gasteiger charge is 2.57. The number of aryl methyl sites for hydroxylation is 1. The van der Waals surface area contributed by atoms with E-state index < -0.39 is 11.5 Å². The van der Waals surface area contributed by atoms with Crippen molar-refractivity contribution in [3.63, 3.8) is 0 Å². The minimum Gasteiger partial charge on any atom is -0.375 e. The van der Waals surface area contributed by atoms with E-state index in [0.29, 0.717) is 36.2 Å². The number of ketones is 1. The van der Waals surface area contributed by atoms with Crippen molar-refractivity contribution in [2.75, 3.05) is 11.4 Å². The number of aliphatic hydroxyl groups is 1. The van der Waals surface area contributed by atoms with Crippen LogP contribution in [0.3, 0.4) is 0 Å². The smallest absolute Gasteiger partial charge is 0.264 e. The number of unbranched alkanes of at least 4 members (excludes halogenated alkanes) is 1. The van der Waals surface area contributed by atoms with Gasteiger partial charge in [0.1, 0.15) is 0 Å². The van der Waals surface area contributed by atoms with Crippen molar-refractivity contribution >= 4 is 33.3 Å². The molecular weight excluding hydrogens is 406 g/mol. The fraction of sp³-hybridized carbons (Fsp3) is 0.364. The number of amides is 1. The Hall–Kier alpha value is -1.98. The zero-order valence-electron chi connectivity index (χ0n) is 15.2. The van der Waals surface area contributed by atoms with Crippen molar-refractivity contribution in [3.8, 4) is 0 Å². The van der Waals surface area contributed by atoms with Gasteiger partial charge in [0.15, 0.2) is 11.4 Å². The lowest BCUT2D eigenvalue weighted by atomic mass is 9.71. The van der Waals surface area contributed by atoms with Crippen LogP contribution >= 0.6 is 15.9 Å². The lowest BCUT2D eigenvalue weighted by Crippen LogP contribution is -2.49. The maximum absolute atomic E-state index is 13.4. The molecule has 5 heteroatoms. The number of carbonyl (C=O) groups excluding carboxylic acids is 2. The fourth-order valence-electron chi connectivity index (χ4n) is 4.35. The summed E-state index contributed by atoms with van der Waals surface area (Å²) >= 11 is 3.45. The van der Waals surface area contributed by atoms with Crippen LogP contribution in [0.1, 0.15) is 47.7 Å². The molecule has 2 atom stereocenters. The Bertz CT molecular complexity index is 926. The van der Waals surface area contributed by atoms with Crippen molar-refractivity contribution in [1.29, 1.82) is 0 Å². The second kappa shape index (κ2) is 6.88. The molecule has 0 radical (unpaired) electrons. The van der Waals surface area contributed by atoms with Gasteiger partial charge in [0.2, 0.25) is 0 Å². The number of Topliss-reactive ketones (excluding diaryl/α,β-unsaturated/α-hetero) is 1. The van der Waals surface area contributed by atoms with Gasteiger partial charge in [-0.2, -0.15) is 0 Å². The third kappa shape index (κ3) is 2.75. The number of halogens is 1. The molecule has 0 unspecified atom stereocenters. The van der Waals surface area contributed by atoms with Crippen molar-refractivity contribution in [2.45, 2.75) is 38.2 Å². The molecule has 1 heterocycles. The Morgan fingerprint density at radius 1 is 1.22 bits per heavy atom. The second-order valence-electron chi connectivity index (χ2n) is 7.35. The highest BCUT2D eigenvalue weighted by Crippen LogP contribution is 2.49. The summed E-state index contributed by atoms with van der Waals surface area (Å²) in [6.07, 6.45) is 2.94. The quantitative estimate of drug-likeness (QED) is 0.793. The van der Waals surface area contributed by atoms with Gasteiger partial charge in [-0.3, -0.25) is 9.59 Å². The van der Waals surface area contributed by atoms with Gasteiger partial charge >= 0.3 is 0 Å². The molecule has 27 heavy (non-hydrogen) atoms. The minimum atomic E-state index is -1.81. The first-order valence-electron chi connectivity index (χ1n) is 9.45. The van der Waals surface area contributed by atoms with E-state index in [4.69, 9.17) is 0 Å². The number of anilines is 1. The normalized spacial score (nSPS) is 24.1. The number of hydrogen-bond donors (Lipinski definition) is 1. The van der Waals surface area contributed by atoms with Crippen LogP contribution < -0.4 is 4.90 Å². The highest BCUT2D eigenvalue weighted by atomic mass is 79.9. The molecule has 1 aliphatic heterocycles. The van der Waals surface area contributed by atoms with Gasteiger partial charge in [-0.15, -0.1) is 0 Å². The lowest BCUT2D eigenvalue weighted by Gasteiger charge is -2.34. The van der Waals surface area contributed by atoms with Crippen LogP contribution in [0, 0.1) is 5.92 Å². The van der Waals surface area contributed by atoms with Gasteiger partial charge in [-0.1, -0.05) is 53.5 Å². The van der Waals surface area contributed by atoms with Crippen LogP contribution in [0.4, 0.5) is 5.69 Å². The van der Waals surface area contributed by atoms with E-state index in [1.807, 2.05) is 30.3 Å². The monoisotopic (exact) mass is 427 g/mol. The fourth-order valence-corrected chi connectivity index (χ4v) is 4.71. The summed E-state index contributed by atoms with van der Waals surface area (Å²) < 4.78 is 0.786. The average molecular weight is 428 g/mol. The third-order valence-electron chi connectivity index (χ3n) is 5.77. The molecule has 2 aliphatic rings. The molecule has 0 bridgehead atoms. The maximum Gasteiger partial charge on any atom is 0.264 e. The van der Waals surface area contributed by atoms with Crippen LogP contribution in [0.25, 0.3) is 0 Å². The molecule has 2 aromatic rings. The van der Waals surface area contributed by atoms with E-state index in [0.717, 1.165) is 22.9 Å². The third-order valence-corrected chi connectivity index (χ3v) is 6.27. The van der Waals surface area contributed by atoms with E-state index in [1.54, 1.807) is 17.0 Å². The van der Waals surface area contributed by atoms with Crippen LogP contribution in [0.2, 0.25) is 0 Å². The van der Waals surface area contributed by atoms with Gasteiger partial charge in [0, 0.05) is 22.1 Å². The average Bonchev–Trinajstić information content (AvgIpc) is 2.88. The molecular formula is C22H22BrNO3. The van der Waals surface area contributed by atoms with E-state index in [-0.39, 0.29) is 11.7 Å². The summed E-state index contributed by atoms with van der Waals surface area (Å²) in [5, 5.41) is 11.7. The Morgan fingerprint density at radius 3 is 2.78 bits per heavy atom. The van der Waals surface area contributed by atoms with Gasteiger partial charge < -0.3 is 10.0 Å². The van der Waals surface area contributed by atoms with Gasteiger partial charge in [-0.05, 0) is 43.0 Å². The summed E-state index contributed by atoms with van der Waals surface area (Å²) in [4.78, 5) is 28.2.